The number of rotatable bonds is 6. The van der Waals surface area contributed by atoms with Gasteiger partial charge in [-0.15, -0.1) is 0 Å². The van der Waals surface area contributed by atoms with Crippen LogP contribution in [0.25, 0.3) is 0 Å². The Morgan fingerprint density at radius 1 is 1.30 bits per heavy atom. The van der Waals surface area contributed by atoms with Gasteiger partial charge in [-0.3, -0.25) is 4.90 Å². The van der Waals surface area contributed by atoms with E-state index in [4.69, 9.17) is 9.52 Å². The zero-order valence-electron chi connectivity index (χ0n) is 11.7. The lowest BCUT2D eigenvalue weighted by Gasteiger charge is -2.29. The average molecular weight is 278 g/mol. The third-order valence-corrected chi connectivity index (χ3v) is 4.25. The van der Waals surface area contributed by atoms with Gasteiger partial charge >= 0.3 is 5.97 Å². The van der Waals surface area contributed by atoms with Crippen molar-refractivity contribution in [1.29, 1.82) is 0 Å². The lowest BCUT2D eigenvalue weighted by atomic mass is 9.97. The fourth-order valence-electron chi connectivity index (χ4n) is 2.96. The van der Waals surface area contributed by atoms with Crippen molar-refractivity contribution in [2.45, 2.75) is 38.3 Å². The zero-order chi connectivity index (χ0) is 13.9. The normalized spacial score (nSPS) is 20.4. The Morgan fingerprint density at radius 3 is 2.65 bits per heavy atom. The number of carboxylic acids is 1. The topological polar surface area (TPSA) is 65.7 Å². The molecule has 2 fully saturated rings. The summed E-state index contributed by atoms with van der Waals surface area (Å²) in [4.78, 5) is 13.3. The molecule has 2 aliphatic rings. The summed E-state index contributed by atoms with van der Waals surface area (Å²) in [6.07, 6.45) is 5.00. The quantitative estimate of drug-likeness (QED) is 0.832. The van der Waals surface area contributed by atoms with Crippen molar-refractivity contribution >= 4 is 5.97 Å². The molecule has 2 heterocycles. The van der Waals surface area contributed by atoms with Gasteiger partial charge in [-0.2, -0.15) is 0 Å². The molecule has 0 radical (unpaired) electrons. The van der Waals surface area contributed by atoms with Crippen molar-refractivity contribution in [2.75, 3.05) is 19.6 Å². The molecule has 5 heteroatoms. The summed E-state index contributed by atoms with van der Waals surface area (Å²) in [5.74, 6) is 0.569. The van der Waals surface area contributed by atoms with Crippen molar-refractivity contribution in [2.24, 2.45) is 5.92 Å². The molecule has 0 amide bonds. The van der Waals surface area contributed by atoms with Crippen molar-refractivity contribution in [3.05, 3.63) is 23.7 Å². The molecule has 1 aliphatic carbocycles. The Morgan fingerprint density at radius 2 is 2.05 bits per heavy atom. The molecule has 0 aromatic carbocycles. The average Bonchev–Trinajstić information content (AvgIpc) is 3.19. The van der Waals surface area contributed by atoms with Crippen LogP contribution >= 0.6 is 0 Å². The molecule has 1 aliphatic heterocycles. The number of nitrogens with zero attached hydrogens (tertiary/aromatic N) is 1. The van der Waals surface area contributed by atoms with Crippen LogP contribution in [0.15, 0.2) is 16.5 Å². The first kappa shape index (κ1) is 13.6. The molecule has 1 saturated carbocycles. The molecule has 0 bridgehead atoms. The van der Waals surface area contributed by atoms with Crippen LogP contribution in [-0.4, -0.2) is 41.7 Å². The van der Waals surface area contributed by atoms with E-state index < -0.39 is 5.97 Å². The third-order valence-electron chi connectivity index (χ3n) is 4.25. The Balaban J connectivity index is 1.59. The third kappa shape index (κ3) is 3.41. The van der Waals surface area contributed by atoms with Gasteiger partial charge in [-0.25, -0.2) is 4.79 Å². The second-order valence-electron chi connectivity index (χ2n) is 5.93. The van der Waals surface area contributed by atoms with Gasteiger partial charge in [-0.05, 0) is 56.8 Å². The molecule has 1 saturated heterocycles. The monoisotopic (exact) mass is 278 g/mol. The number of carboxylic acid groups (broad SMARTS) is 1. The van der Waals surface area contributed by atoms with Crippen LogP contribution in [0.1, 0.15) is 42.0 Å². The van der Waals surface area contributed by atoms with Crippen molar-refractivity contribution in [1.82, 2.24) is 10.2 Å². The number of hydrogen-bond donors (Lipinski definition) is 2. The van der Waals surface area contributed by atoms with Crippen LogP contribution in [0, 0.1) is 5.92 Å². The van der Waals surface area contributed by atoms with Gasteiger partial charge < -0.3 is 14.8 Å². The minimum atomic E-state index is -0.993. The van der Waals surface area contributed by atoms with E-state index in [2.05, 4.69) is 10.2 Å². The number of carbonyl (C=O) groups is 1. The molecular formula is C15H22N2O3. The molecule has 1 aromatic rings. The van der Waals surface area contributed by atoms with Crippen LogP contribution in [0.3, 0.4) is 0 Å². The van der Waals surface area contributed by atoms with Crippen LogP contribution in [0.2, 0.25) is 0 Å². The number of furan rings is 1. The summed E-state index contributed by atoms with van der Waals surface area (Å²) in [7, 11) is 0. The molecular weight excluding hydrogens is 256 g/mol. The van der Waals surface area contributed by atoms with E-state index >= 15 is 0 Å². The highest BCUT2D eigenvalue weighted by molar-refractivity contribution is 5.84. The van der Waals surface area contributed by atoms with E-state index in [0.717, 1.165) is 37.9 Å². The van der Waals surface area contributed by atoms with E-state index in [1.807, 2.05) is 0 Å². The molecule has 5 nitrogen and oxygen atoms in total. The maximum atomic E-state index is 10.8. The first-order valence-electron chi connectivity index (χ1n) is 7.49. The number of piperidine rings is 1. The second kappa shape index (κ2) is 5.97. The summed E-state index contributed by atoms with van der Waals surface area (Å²) >= 11 is 0. The SMILES string of the molecule is O=C(O)c1ccc(CN(CC2CCNCC2)C2CC2)o1. The molecule has 0 unspecified atom stereocenters. The molecule has 0 spiro atoms. The Bertz CT molecular complexity index is 461. The molecule has 1 aromatic heterocycles. The van der Waals surface area contributed by atoms with Crippen LogP contribution in [0.5, 0.6) is 0 Å². The number of nitrogens with one attached hydrogen (secondary N) is 1. The van der Waals surface area contributed by atoms with Crippen molar-refractivity contribution in [3.63, 3.8) is 0 Å². The second-order valence-corrected chi connectivity index (χ2v) is 5.93. The lowest BCUT2D eigenvalue weighted by molar-refractivity contribution is 0.0657. The van der Waals surface area contributed by atoms with Gasteiger partial charge in [0.2, 0.25) is 5.76 Å². The smallest absolute Gasteiger partial charge is 0.371 e. The van der Waals surface area contributed by atoms with Crippen LogP contribution in [0.4, 0.5) is 0 Å². The summed E-state index contributed by atoms with van der Waals surface area (Å²) < 4.78 is 5.39. The first-order chi connectivity index (χ1) is 9.72. The highest BCUT2D eigenvalue weighted by Crippen LogP contribution is 2.30. The maximum absolute atomic E-state index is 10.8. The van der Waals surface area contributed by atoms with E-state index in [0.29, 0.717) is 6.04 Å². The van der Waals surface area contributed by atoms with E-state index in [1.54, 1.807) is 12.1 Å². The Hall–Kier alpha value is -1.33. The highest BCUT2D eigenvalue weighted by Gasteiger charge is 2.31. The van der Waals surface area contributed by atoms with Gasteiger partial charge in [-0.1, -0.05) is 0 Å². The standard InChI is InChI=1S/C15H22N2O3/c18-15(19)14-4-3-13(20-14)10-17(12-1-2-12)9-11-5-7-16-8-6-11/h3-4,11-12,16H,1-2,5-10H2,(H,18,19). The Labute approximate surface area is 118 Å². The number of hydrogen-bond acceptors (Lipinski definition) is 4. The Kier molecular flexibility index (Phi) is 4.08. The van der Waals surface area contributed by atoms with E-state index in [9.17, 15) is 4.79 Å². The summed E-state index contributed by atoms with van der Waals surface area (Å²) in [6.45, 7) is 4.08. The largest absolute Gasteiger partial charge is 0.475 e. The van der Waals surface area contributed by atoms with Gasteiger partial charge in [0.05, 0.1) is 6.54 Å². The molecule has 3 rings (SSSR count). The fourth-order valence-corrected chi connectivity index (χ4v) is 2.96. The maximum Gasteiger partial charge on any atom is 0.371 e. The van der Waals surface area contributed by atoms with Crippen LogP contribution in [-0.2, 0) is 6.54 Å². The van der Waals surface area contributed by atoms with Gasteiger partial charge in [0.1, 0.15) is 5.76 Å². The highest BCUT2D eigenvalue weighted by atomic mass is 16.4. The molecule has 110 valence electrons. The summed E-state index contributed by atoms with van der Waals surface area (Å²) in [6, 6.07) is 4.01. The predicted molar refractivity (Wildman–Crippen MR) is 74.7 cm³/mol. The van der Waals surface area contributed by atoms with E-state index in [1.165, 1.54) is 25.7 Å². The summed E-state index contributed by atoms with van der Waals surface area (Å²) in [5, 5.41) is 12.3. The molecule has 2 N–H and O–H groups in total. The lowest BCUT2D eigenvalue weighted by Crippen LogP contribution is -2.36. The van der Waals surface area contributed by atoms with Gasteiger partial charge in [0.15, 0.2) is 0 Å². The van der Waals surface area contributed by atoms with Crippen LogP contribution < -0.4 is 5.32 Å². The van der Waals surface area contributed by atoms with Gasteiger partial charge in [0, 0.05) is 12.6 Å². The van der Waals surface area contributed by atoms with Gasteiger partial charge in [0.25, 0.3) is 0 Å². The zero-order valence-corrected chi connectivity index (χ0v) is 11.7. The minimum Gasteiger partial charge on any atom is -0.475 e. The number of aromatic carboxylic acids is 1. The van der Waals surface area contributed by atoms with Crippen molar-refractivity contribution < 1.29 is 14.3 Å². The van der Waals surface area contributed by atoms with E-state index in [-0.39, 0.29) is 5.76 Å². The fraction of sp³-hybridized carbons (Fsp3) is 0.667. The molecule has 20 heavy (non-hydrogen) atoms. The predicted octanol–water partition coefficient (Wildman–Crippen LogP) is 1.94. The molecule has 0 atom stereocenters. The minimum absolute atomic E-state index is 0.0395. The summed E-state index contributed by atoms with van der Waals surface area (Å²) in [5.41, 5.74) is 0. The first-order valence-corrected chi connectivity index (χ1v) is 7.49. The van der Waals surface area contributed by atoms with Crippen molar-refractivity contribution in [3.8, 4) is 0 Å².